The van der Waals surface area contributed by atoms with Crippen LogP contribution in [0.2, 0.25) is 0 Å². The normalized spacial score (nSPS) is 22.1. The van der Waals surface area contributed by atoms with Gasteiger partial charge in [0.15, 0.2) is 0 Å². The van der Waals surface area contributed by atoms with E-state index in [1.54, 1.807) is 0 Å². The first kappa shape index (κ1) is 14.7. The third-order valence-corrected chi connectivity index (χ3v) is 4.64. The van der Waals surface area contributed by atoms with Gasteiger partial charge in [0.25, 0.3) is 0 Å². The maximum atomic E-state index is 11.2. The summed E-state index contributed by atoms with van der Waals surface area (Å²) in [7, 11) is 0. The second kappa shape index (κ2) is 5.96. The van der Waals surface area contributed by atoms with Crippen LogP contribution in [0.5, 0.6) is 0 Å². The van der Waals surface area contributed by atoms with Gasteiger partial charge in [-0.25, -0.2) is 4.98 Å². The molecule has 1 aliphatic carbocycles. The van der Waals surface area contributed by atoms with Crippen molar-refractivity contribution in [2.45, 2.75) is 24.7 Å². The van der Waals surface area contributed by atoms with Gasteiger partial charge in [-0.2, -0.15) is 0 Å². The molecule has 2 N–H and O–H groups in total. The summed E-state index contributed by atoms with van der Waals surface area (Å²) >= 11 is 0. The van der Waals surface area contributed by atoms with Crippen molar-refractivity contribution < 1.29 is 4.79 Å². The van der Waals surface area contributed by atoms with Gasteiger partial charge in [-0.05, 0) is 11.1 Å². The zero-order valence-corrected chi connectivity index (χ0v) is 13.4. The molecule has 3 aromatic rings. The Morgan fingerprint density at radius 1 is 0.917 bits per heavy atom. The van der Waals surface area contributed by atoms with E-state index in [0.717, 1.165) is 5.69 Å². The first-order valence-corrected chi connectivity index (χ1v) is 8.16. The molecule has 1 saturated carbocycles. The number of anilines is 1. The molecule has 2 unspecified atom stereocenters. The summed E-state index contributed by atoms with van der Waals surface area (Å²) in [5.74, 6) is 1.61. The molecule has 1 aliphatic rings. The Morgan fingerprint density at radius 3 is 1.96 bits per heavy atom. The van der Waals surface area contributed by atoms with Gasteiger partial charge >= 0.3 is 0 Å². The van der Waals surface area contributed by atoms with Gasteiger partial charge in [-0.1, -0.05) is 60.7 Å². The summed E-state index contributed by atoms with van der Waals surface area (Å²) < 4.78 is 0. The quantitative estimate of drug-likeness (QED) is 0.763. The monoisotopic (exact) mass is 317 g/mol. The third-order valence-electron chi connectivity index (χ3n) is 4.64. The van der Waals surface area contributed by atoms with E-state index in [0.29, 0.717) is 23.7 Å². The van der Waals surface area contributed by atoms with Crippen molar-refractivity contribution in [2.24, 2.45) is 0 Å². The molecule has 4 rings (SSSR count). The van der Waals surface area contributed by atoms with Crippen LogP contribution in [-0.2, 0) is 4.79 Å². The Balaban J connectivity index is 1.67. The summed E-state index contributed by atoms with van der Waals surface area (Å²) in [6.45, 7) is 1.48. The summed E-state index contributed by atoms with van der Waals surface area (Å²) in [4.78, 5) is 18.8. The molecular formula is C20H19N3O. The van der Waals surface area contributed by atoms with Crippen LogP contribution in [-0.4, -0.2) is 15.9 Å². The van der Waals surface area contributed by atoms with Gasteiger partial charge in [0, 0.05) is 30.4 Å². The first-order chi connectivity index (χ1) is 11.7. The minimum absolute atomic E-state index is 0.120. The second-order valence-corrected chi connectivity index (χ2v) is 6.27. The van der Waals surface area contributed by atoms with Gasteiger partial charge in [-0.15, -0.1) is 0 Å². The van der Waals surface area contributed by atoms with Crippen molar-refractivity contribution in [1.29, 1.82) is 0 Å². The van der Waals surface area contributed by atoms with E-state index in [2.05, 4.69) is 63.8 Å². The molecule has 0 aliphatic heterocycles. The smallest absolute Gasteiger partial charge is 0.223 e. The molecule has 4 heteroatoms. The predicted molar refractivity (Wildman–Crippen MR) is 94.0 cm³/mol. The van der Waals surface area contributed by atoms with Gasteiger partial charge < -0.3 is 4.98 Å². The van der Waals surface area contributed by atoms with Crippen molar-refractivity contribution in [3.63, 3.8) is 0 Å². The van der Waals surface area contributed by atoms with Crippen LogP contribution < -0.4 is 5.32 Å². The van der Waals surface area contributed by atoms with E-state index in [4.69, 9.17) is 0 Å². The van der Waals surface area contributed by atoms with Crippen molar-refractivity contribution in [3.05, 3.63) is 83.7 Å². The molecule has 4 nitrogen and oxygen atoms in total. The van der Waals surface area contributed by atoms with Crippen LogP contribution in [0.3, 0.4) is 0 Å². The molecule has 3 atom stereocenters. The SMILES string of the molecule is CC(=O)Nc1ncc(C2C(c3ccccc3)[C@@H]2c2ccccc2)[nH]1. The lowest BCUT2D eigenvalue weighted by Crippen LogP contribution is -2.07. The number of hydrogen-bond donors (Lipinski definition) is 2. The van der Waals surface area contributed by atoms with Gasteiger partial charge in [0.2, 0.25) is 11.9 Å². The summed E-state index contributed by atoms with van der Waals surface area (Å²) in [6, 6.07) is 21.2. The largest absolute Gasteiger partial charge is 0.328 e. The van der Waals surface area contributed by atoms with Gasteiger partial charge in [0.1, 0.15) is 0 Å². The van der Waals surface area contributed by atoms with Crippen LogP contribution in [0.4, 0.5) is 5.95 Å². The van der Waals surface area contributed by atoms with Crippen LogP contribution in [0, 0.1) is 0 Å². The second-order valence-electron chi connectivity index (χ2n) is 6.27. The first-order valence-electron chi connectivity index (χ1n) is 8.16. The van der Waals surface area contributed by atoms with Crippen LogP contribution in [0.1, 0.15) is 41.5 Å². The Morgan fingerprint density at radius 2 is 1.46 bits per heavy atom. The number of imidazole rings is 1. The molecular weight excluding hydrogens is 298 g/mol. The van der Waals surface area contributed by atoms with E-state index in [9.17, 15) is 4.79 Å². The number of H-pyrrole nitrogens is 1. The lowest BCUT2D eigenvalue weighted by Gasteiger charge is -2.00. The Hall–Kier alpha value is -2.88. The summed E-state index contributed by atoms with van der Waals surface area (Å²) in [5, 5.41) is 2.71. The van der Waals surface area contributed by atoms with Gasteiger partial charge in [-0.3, -0.25) is 10.1 Å². The zero-order chi connectivity index (χ0) is 16.5. The highest BCUT2D eigenvalue weighted by molar-refractivity contribution is 5.86. The zero-order valence-electron chi connectivity index (χ0n) is 13.4. The average molecular weight is 317 g/mol. The number of rotatable bonds is 4. The molecule has 1 heterocycles. The number of hydrogen-bond acceptors (Lipinski definition) is 2. The fourth-order valence-electron chi connectivity index (χ4n) is 3.61. The highest BCUT2D eigenvalue weighted by Crippen LogP contribution is 2.65. The van der Waals surface area contributed by atoms with E-state index >= 15 is 0 Å². The highest BCUT2D eigenvalue weighted by atomic mass is 16.1. The molecule has 0 spiro atoms. The van der Waals surface area contributed by atoms with Gasteiger partial charge in [0.05, 0.1) is 6.20 Å². The van der Waals surface area contributed by atoms with Crippen molar-refractivity contribution in [2.75, 3.05) is 5.32 Å². The Kier molecular flexibility index (Phi) is 3.65. The molecule has 120 valence electrons. The van der Waals surface area contributed by atoms with E-state index in [1.165, 1.54) is 18.1 Å². The maximum absolute atomic E-state index is 11.2. The minimum Gasteiger partial charge on any atom is -0.328 e. The third kappa shape index (κ3) is 2.71. The number of carbonyl (C=O) groups is 1. The molecule has 0 bridgehead atoms. The van der Waals surface area contributed by atoms with Crippen LogP contribution in [0.15, 0.2) is 66.9 Å². The Bertz CT molecular complexity index is 796. The summed E-state index contributed by atoms with van der Waals surface area (Å²) in [5.41, 5.74) is 3.75. The van der Waals surface area contributed by atoms with E-state index < -0.39 is 0 Å². The fraction of sp³-hybridized carbons (Fsp3) is 0.200. The number of aromatic amines is 1. The van der Waals surface area contributed by atoms with Crippen molar-refractivity contribution in [3.8, 4) is 0 Å². The number of carbonyl (C=O) groups excluding carboxylic acids is 1. The van der Waals surface area contributed by atoms with Crippen LogP contribution >= 0.6 is 0 Å². The van der Waals surface area contributed by atoms with E-state index in [1.807, 2.05) is 18.3 Å². The maximum Gasteiger partial charge on any atom is 0.223 e. The predicted octanol–water partition coefficient (Wildman–Crippen LogP) is 4.03. The number of nitrogens with zero attached hydrogens (tertiary/aromatic N) is 1. The number of nitrogens with one attached hydrogen (secondary N) is 2. The lowest BCUT2D eigenvalue weighted by molar-refractivity contribution is -0.114. The lowest BCUT2D eigenvalue weighted by atomic mass is 10.0. The number of amides is 1. The number of aromatic nitrogens is 2. The minimum atomic E-state index is -0.120. The standard InChI is InChI=1S/C20H19N3O/c1-13(24)22-20-21-12-16(23-20)19-17(14-8-4-2-5-9-14)18(19)15-10-6-3-7-11-15/h2-12,17-19H,1H3,(H2,21,22,23,24)/t17-,18?,19?/m0/s1. The topological polar surface area (TPSA) is 57.8 Å². The number of benzene rings is 2. The molecule has 0 radical (unpaired) electrons. The molecule has 1 fully saturated rings. The average Bonchev–Trinajstić information content (AvgIpc) is 3.19. The van der Waals surface area contributed by atoms with E-state index in [-0.39, 0.29) is 5.91 Å². The molecule has 1 amide bonds. The molecule has 24 heavy (non-hydrogen) atoms. The van der Waals surface area contributed by atoms with Crippen molar-refractivity contribution >= 4 is 11.9 Å². The highest BCUT2D eigenvalue weighted by Gasteiger charge is 2.53. The molecule has 0 saturated heterocycles. The molecule has 1 aromatic heterocycles. The van der Waals surface area contributed by atoms with Crippen LogP contribution in [0.25, 0.3) is 0 Å². The summed E-state index contributed by atoms with van der Waals surface area (Å²) in [6.07, 6.45) is 1.84. The Labute approximate surface area is 141 Å². The van der Waals surface area contributed by atoms with Crippen molar-refractivity contribution in [1.82, 2.24) is 9.97 Å². The fourth-order valence-corrected chi connectivity index (χ4v) is 3.61. The molecule has 2 aromatic carbocycles.